The van der Waals surface area contributed by atoms with Crippen LogP contribution in [0.4, 0.5) is 0 Å². The average molecular weight is 300 g/mol. The summed E-state index contributed by atoms with van der Waals surface area (Å²) in [7, 11) is -3.33. The lowest BCUT2D eigenvalue weighted by Gasteiger charge is -2.15. The fourth-order valence-corrected chi connectivity index (χ4v) is 4.26. The number of rotatable bonds is 5. The van der Waals surface area contributed by atoms with Crippen LogP contribution in [0.25, 0.3) is 0 Å². The van der Waals surface area contributed by atoms with Crippen LogP contribution in [0.3, 0.4) is 0 Å². The molecule has 0 radical (unpaired) electrons. The third-order valence-electron chi connectivity index (χ3n) is 3.31. The van der Waals surface area contributed by atoms with E-state index >= 15 is 0 Å². The van der Waals surface area contributed by atoms with Crippen molar-refractivity contribution in [3.05, 3.63) is 18.3 Å². The fourth-order valence-electron chi connectivity index (χ4n) is 1.96. The second kappa shape index (κ2) is 6.24. The number of aromatic nitrogens is 1. The number of hydrogen-bond acceptors (Lipinski definition) is 4. The van der Waals surface area contributed by atoms with Crippen LogP contribution in [0.5, 0.6) is 0 Å². The molecule has 19 heavy (non-hydrogen) atoms. The van der Waals surface area contributed by atoms with Gasteiger partial charge < -0.3 is 0 Å². The highest BCUT2D eigenvalue weighted by Crippen LogP contribution is 2.25. The molecule has 1 saturated heterocycles. The van der Waals surface area contributed by atoms with Gasteiger partial charge in [0.25, 0.3) is 0 Å². The molecule has 1 atom stereocenters. The molecule has 0 amide bonds. The van der Waals surface area contributed by atoms with Crippen molar-refractivity contribution in [3.8, 4) is 0 Å². The zero-order chi connectivity index (χ0) is 13.9. The number of thioether (sulfide) groups is 1. The molecule has 0 saturated carbocycles. The van der Waals surface area contributed by atoms with E-state index in [-0.39, 0.29) is 0 Å². The lowest BCUT2D eigenvalue weighted by atomic mass is 10.4. The number of sulfonamides is 1. The van der Waals surface area contributed by atoms with Crippen LogP contribution >= 0.6 is 11.8 Å². The Morgan fingerprint density at radius 1 is 1.37 bits per heavy atom. The minimum absolute atomic E-state index is 0.308. The van der Waals surface area contributed by atoms with E-state index in [2.05, 4.69) is 18.8 Å². The first-order chi connectivity index (χ1) is 9.04. The van der Waals surface area contributed by atoms with Gasteiger partial charge in [-0.2, -0.15) is 4.31 Å². The predicted octanol–water partition coefficient (Wildman–Crippen LogP) is 2.76. The van der Waals surface area contributed by atoms with Gasteiger partial charge in [0.1, 0.15) is 4.90 Å². The monoisotopic (exact) mass is 300 g/mol. The van der Waals surface area contributed by atoms with Crippen LogP contribution < -0.4 is 0 Å². The van der Waals surface area contributed by atoms with E-state index in [9.17, 15) is 8.42 Å². The van der Waals surface area contributed by atoms with Gasteiger partial charge in [-0.1, -0.05) is 13.8 Å². The van der Waals surface area contributed by atoms with E-state index in [1.165, 1.54) is 6.20 Å². The summed E-state index contributed by atoms with van der Waals surface area (Å²) in [5, 5.41) is 1.38. The van der Waals surface area contributed by atoms with Gasteiger partial charge in [0.05, 0.1) is 5.03 Å². The molecule has 0 N–H and O–H groups in total. The minimum Gasteiger partial charge on any atom is -0.249 e. The summed E-state index contributed by atoms with van der Waals surface area (Å²) < 4.78 is 26.2. The molecule has 0 aliphatic carbocycles. The van der Waals surface area contributed by atoms with Crippen LogP contribution in [0, 0.1) is 0 Å². The number of nitrogens with zero attached hydrogens (tertiary/aromatic N) is 2. The fraction of sp³-hybridized carbons (Fsp3) is 0.615. The molecular formula is C13H20N2O2S2. The Morgan fingerprint density at radius 3 is 2.58 bits per heavy atom. The van der Waals surface area contributed by atoms with Crippen LogP contribution in [0.15, 0.2) is 28.3 Å². The SMILES string of the molecule is CCC(C)Sc1ccc(S(=O)(=O)N2CCCC2)cn1. The Kier molecular flexibility index (Phi) is 4.86. The Bertz CT molecular complexity index is 508. The van der Waals surface area contributed by atoms with Crippen molar-refractivity contribution >= 4 is 21.8 Å². The molecule has 2 heterocycles. The summed E-state index contributed by atoms with van der Waals surface area (Å²) in [4.78, 5) is 4.57. The van der Waals surface area contributed by atoms with Crippen LogP contribution in [0.1, 0.15) is 33.1 Å². The molecule has 1 fully saturated rings. The van der Waals surface area contributed by atoms with Gasteiger partial charge >= 0.3 is 0 Å². The second-order valence-electron chi connectivity index (χ2n) is 4.78. The van der Waals surface area contributed by atoms with Gasteiger partial charge in [-0.15, -0.1) is 11.8 Å². The van der Waals surface area contributed by atoms with Crippen LogP contribution in [0.2, 0.25) is 0 Å². The number of hydrogen-bond donors (Lipinski definition) is 0. The van der Waals surface area contributed by atoms with Crippen molar-refractivity contribution < 1.29 is 8.42 Å². The Morgan fingerprint density at radius 2 is 2.05 bits per heavy atom. The van der Waals surface area contributed by atoms with Crippen LogP contribution in [-0.4, -0.2) is 36.0 Å². The molecular weight excluding hydrogens is 280 g/mol. The molecule has 1 aromatic rings. The minimum atomic E-state index is -3.33. The first-order valence-electron chi connectivity index (χ1n) is 6.67. The summed E-state index contributed by atoms with van der Waals surface area (Å²) in [6.45, 7) is 5.53. The summed E-state index contributed by atoms with van der Waals surface area (Å²) in [6.07, 6.45) is 4.46. The zero-order valence-corrected chi connectivity index (χ0v) is 13.0. The highest BCUT2D eigenvalue weighted by Gasteiger charge is 2.27. The summed E-state index contributed by atoms with van der Waals surface area (Å²) in [5.74, 6) is 0. The standard InChI is InChI=1S/C13H20N2O2S2/c1-3-11(2)18-13-7-6-12(10-14-13)19(16,17)15-8-4-5-9-15/h6-7,10-11H,3-5,8-9H2,1-2H3. The van der Waals surface area contributed by atoms with Crippen molar-refractivity contribution in [2.75, 3.05) is 13.1 Å². The van der Waals surface area contributed by atoms with Crippen molar-refractivity contribution in [1.29, 1.82) is 0 Å². The van der Waals surface area contributed by atoms with Crippen molar-refractivity contribution in [2.45, 2.75) is 48.3 Å². The summed E-state index contributed by atoms with van der Waals surface area (Å²) in [6, 6.07) is 3.48. The predicted molar refractivity (Wildman–Crippen MR) is 77.8 cm³/mol. The summed E-state index contributed by atoms with van der Waals surface area (Å²) >= 11 is 1.68. The maximum Gasteiger partial charge on any atom is 0.244 e. The Balaban J connectivity index is 2.13. The second-order valence-corrected chi connectivity index (χ2v) is 8.18. The molecule has 1 aliphatic rings. The first kappa shape index (κ1) is 14.8. The zero-order valence-electron chi connectivity index (χ0n) is 11.4. The van der Waals surface area contributed by atoms with Gasteiger partial charge in [-0.3, -0.25) is 0 Å². The van der Waals surface area contributed by atoms with Gasteiger partial charge in [-0.25, -0.2) is 13.4 Å². The maximum atomic E-state index is 12.3. The molecule has 2 rings (SSSR count). The molecule has 1 aromatic heterocycles. The van der Waals surface area contributed by atoms with E-state index in [4.69, 9.17) is 0 Å². The van der Waals surface area contributed by atoms with Crippen molar-refractivity contribution in [2.24, 2.45) is 0 Å². The molecule has 6 heteroatoms. The molecule has 1 unspecified atom stereocenters. The van der Waals surface area contributed by atoms with Crippen molar-refractivity contribution in [1.82, 2.24) is 9.29 Å². The van der Waals surface area contributed by atoms with E-state index in [1.54, 1.807) is 28.2 Å². The average Bonchev–Trinajstić information content (AvgIpc) is 2.94. The quantitative estimate of drug-likeness (QED) is 0.785. The lowest BCUT2D eigenvalue weighted by Crippen LogP contribution is -2.27. The molecule has 1 aliphatic heterocycles. The van der Waals surface area contributed by atoms with E-state index in [0.29, 0.717) is 23.2 Å². The number of pyridine rings is 1. The molecule has 0 bridgehead atoms. The Labute approximate surface area is 119 Å². The van der Waals surface area contributed by atoms with E-state index in [0.717, 1.165) is 24.3 Å². The highest BCUT2D eigenvalue weighted by atomic mass is 32.2. The smallest absolute Gasteiger partial charge is 0.244 e. The maximum absolute atomic E-state index is 12.3. The Hall–Kier alpha value is -0.590. The van der Waals surface area contributed by atoms with Gasteiger partial charge in [-0.05, 0) is 31.4 Å². The molecule has 4 nitrogen and oxygen atoms in total. The third-order valence-corrected chi connectivity index (χ3v) is 6.41. The molecule has 0 spiro atoms. The van der Waals surface area contributed by atoms with Gasteiger partial charge in [0, 0.05) is 24.5 Å². The van der Waals surface area contributed by atoms with Gasteiger partial charge in [0.15, 0.2) is 0 Å². The highest BCUT2D eigenvalue weighted by molar-refractivity contribution is 7.99. The van der Waals surface area contributed by atoms with Gasteiger partial charge in [0.2, 0.25) is 10.0 Å². The van der Waals surface area contributed by atoms with Crippen molar-refractivity contribution in [3.63, 3.8) is 0 Å². The normalized spacial score (nSPS) is 18.6. The first-order valence-corrected chi connectivity index (χ1v) is 8.99. The lowest BCUT2D eigenvalue weighted by molar-refractivity contribution is 0.477. The third kappa shape index (κ3) is 3.49. The summed E-state index contributed by atoms with van der Waals surface area (Å²) in [5.41, 5.74) is 0. The van der Waals surface area contributed by atoms with E-state index in [1.807, 2.05) is 0 Å². The van der Waals surface area contributed by atoms with Crippen LogP contribution in [-0.2, 0) is 10.0 Å². The molecule has 106 valence electrons. The van der Waals surface area contributed by atoms with E-state index < -0.39 is 10.0 Å². The molecule has 0 aromatic carbocycles. The topological polar surface area (TPSA) is 50.3 Å². The largest absolute Gasteiger partial charge is 0.249 e.